The highest BCUT2D eigenvalue weighted by Crippen LogP contribution is 2.28. The predicted octanol–water partition coefficient (Wildman–Crippen LogP) is 7.52. The molecule has 0 unspecified atom stereocenters. The van der Waals surface area contributed by atoms with Crippen LogP contribution in [0.3, 0.4) is 0 Å². The molecule has 0 bridgehead atoms. The Balaban J connectivity index is 3.39. The molecule has 0 radical (unpaired) electrons. The first-order chi connectivity index (χ1) is 19.0. The molecule has 0 atom stereocenters. The Hall–Kier alpha value is -3.98. The molecule has 0 saturated carbocycles. The summed E-state index contributed by atoms with van der Waals surface area (Å²) in [6, 6.07) is 6.94. The second-order valence-electron chi connectivity index (χ2n) is 10.1. The van der Waals surface area contributed by atoms with Crippen molar-refractivity contribution in [2.75, 3.05) is 0 Å². The van der Waals surface area contributed by atoms with Gasteiger partial charge in [-0.25, -0.2) is 4.39 Å². The fourth-order valence-electron chi connectivity index (χ4n) is 3.47. The third-order valence-corrected chi connectivity index (χ3v) is 5.78. The molecule has 1 rings (SSSR count). The van der Waals surface area contributed by atoms with E-state index in [4.69, 9.17) is 11.5 Å². The predicted molar refractivity (Wildman–Crippen MR) is 161 cm³/mol. The fraction of sp³-hybridized carbons (Fsp3) is 0.312. The minimum absolute atomic E-state index is 0.104. The lowest BCUT2D eigenvalue weighted by Gasteiger charge is -2.19. The zero-order valence-corrected chi connectivity index (χ0v) is 24.3. The Morgan fingerprint density at radius 1 is 1.10 bits per heavy atom. The number of aliphatic imine (C=N–C) groups is 1. The number of nitrogens with zero attached hydrogens (tertiary/aromatic N) is 1. The Morgan fingerprint density at radius 3 is 2.15 bits per heavy atom. The van der Waals surface area contributed by atoms with Crippen molar-refractivity contribution in [3.63, 3.8) is 0 Å². The van der Waals surface area contributed by atoms with Crippen LogP contribution in [0, 0.1) is 0 Å². The number of allylic oxidation sites excluding steroid dienone is 9. The summed E-state index contributed by atoms with van der Waals surface area (Å²) in [5.74, 6) is -1.29. The highest BCUT2D eigenvalue weighted by Gasteiger charge is 2.32. The van der Waals surface area contributed by atoms with Gasteiger partial charge in [0.1, 0.15) is 0 Å². The average molecular weight is 573 g/mol. The minimum Gasteiger partial charge on any atom is -0.398 e. The molecule has 0 aliphatic carbocycles. The largest absolute Gasteiger partial charge is 0.416 e. The number of amides is 1. The van der Waals surface area contributed by atoms with Gasteiger partial charge < -0.3 is 16.8 Å². The van der Waals surface area contributed by atoms with Crippen LogP contribution in [-0.4, -0.2) is 23.3 Å². The summed E-state index contributed by atoms with van der Waals surface area (Å²) < 4.78 is 53.7. The molecule has 1 amide bonds. The molecular formula is C32H40F4N4O. The molecule has 0 aliphatic heterocycles. The Labute approximate surface area is 240 Å². The Kier molecular flexibility index (Phi) is 13.4. The Bertz CT molecular complexity index is 1280. The normalized spacial score (nSPS) is 14.7. The molecule has 1 aromatic rings. The number of benzene rings is 1. The summed E-state index contributed by atoms with van der Waals surface area (Å²) in [5, 5.41) is 2.49. The highest BCUT2D eigenvalue weighted by atomic mass is 19.4. The van der Waals surface area contributed by atoms with Crippen LogP contribution >= 0.6 is 0 Å². The number of nitrogens with two attached hydrogens (primary N) is 2. The summed E-state index contributed by atoms with van der Waals surface area (Å²) in [6.45, 7) is 15.5. The van der Waals surface area contributed by atoms with Gasteiger partial charge in [0.25, 0.3) is 5.91 Å². The van der Waals surface area contributed by atoms with Gasteiger partial charge in [-0.05, 0) is 82.9 Å². The van der Waals surface area contributed by atoms with Gasteiger partial charge in [-0.2, -0.15) is 13.2 Å². The maximum Gasteiger partial charge on any atom is 0.416 e. The molecule has 0 aliphatic rings. The molecule has 0 fully saturated rings. The molecule has 222 valence electrons. The monoisotopic (exact) mass is 572 g/mol. The summed E-state index contributed by atoms with van der Waals surface area (Å²) in [4.78, 5) is 17.7. The van der Waals surface area contributed by atoms with E-state index in [0.29, 0.717) is 35.5 Å². The number of carbonyl (C=O) groups excluding carboxylic acids is 1. The smallest absolute Gasteiger partial charge is 0.398 e. The van der Waals surface area contributed by atoms with Crippen LogP contribution in [-0.2, 0) is 11.2 Å². The van der Waals surface area contributed by atoms with Gasteiger partial charge in [0.2, 0.25) is 0 Å². The van der Waals surface area contributed by atoms with Crippen molar-refractivity contribution in [1.82, 2.24) is 5.32 Å². The third-order valence-electron chi connectivity index (χ3n) is 5.78. The van der Waals surface area contributed by atoms with Crippen molar-refractivity contribution >= 4 is 17.3 Å². The van der Waals surface area contributed by atoms with E-state index >= 15 is 0 Å². The molecule has 1 aromatic carbocycles. The molecule has 0 aromatic heterocycles. The zero-order chi connectivity index (χ0) is 31.4. The van der Waals surface area contributed by atoms with Gasteiger partial charge in [-0.3, -0.25) is 9.79 Å². The van der Waals surface area contributed by atoms with E-state index in [1.807, 2.05) is 26.8 Å². The lowest BCUT2D eigenvalue weighted by molar-refractivity contribution is -0.116. The van der Waals surface area contributed by atoms with Crippen LogP contribution in [0.1, 0.15) is 58.6 Å². The van der Waals surface area contributed by atoms with Crippen LogP contribution in [0.5, 0.6) is 0 Å². The van der Waals surface area contributed by atoms with Crippen molar-refractivity contribution in [3.05, 3.63) is 113 Å². The first-order valence-electron chi connectivity index (χ1n) is 13.0. The fourth-order valence-corrected chi connectivity index (χ4v) is 3.47. The van der Waals surface area contributed by atoms with Crippen molar-refractivity contribution in [2.45, 2.75) is 65.6 Å². The molecular weight excluding hydrogens is 532 g/mol. The number of halogens is 4. The maximum absolute atomic E-state index is 13.5. The molecule has 9 heteroatoms. The van der Waals surface area contributed by atoms with Crippen LogP contribution < -0.4 is 16.8 Å². The lowest BCUT2D eigenvalue weighted by atomic mass is 9.97. The maximum atomic E-state index is 13.5. The van der Waals surface area contributed by atoms with Gasteiger partial charge in [-0.1, -0.05) is 49.6 Å². The zero-order valence-electron chi connectivity index (χ0n) is 24.3. The number of rotatable bonds is 13. The molecule has 41 heavy (non-hydrogen) atoms. The van der Waals surface area contributed by atoms with Crippen molar-refractivity contribution < 1.29 is 22.4 Å². The second kappa shape index (κ2) is 15.7. The average Bonchev–Trinajstić information content (AvgIpc) is 2.87. The van der Waals surface area contributed by atoms with Gasteiger partial charge >= 0.3 is 6.18 Å². The summed E-state index contributed by atoms with van der Waals surface area (Å²) in [7, 11) is 0. The van der Waals surface area contributed by atoms with E-state index in [0.717, 1.165) is 23.8 Å². The molecule has 0 saturated heterocycles. The van der Waals surface area contributed by atoms with Gasteiger partial charge in [0.05, 0.1) is 22.8 Å². The van der Waals surface area contributed by atoms with Crippen molar-refractivity contribution in [3.8, 4) is 0 Å². The first-order valence-corrected chi connectivity index (χ1v) is 13.0. The summed E-state index contributed by atoms with van der Waals surface area (Å²) in [5.41, 5.74) is 13.6. The van der Waals surface area contributed by atoms with Crippen molar-refractivity contribution in [1.29, 1.82) is 0 Å². The quantitative estimate of drug-likeness (QED) is 0.0988. The highest BCUT2D eigenvalue weighted by molar-refractivity contribution is 6.02. The SMILES string of the molecule is C=C/C(=C\C=C(/C)F)NC(=O)/C(=C/C(=C\C)C(F)(F)F)Cc1ccc(/C(=C/C)N=C(CCC(C)(C)N)C(=C)N)cc1. The summed E-state index contributed by atoms with van der Waals surface area (Å²) in [6.07, 6.45) is 3.57. The topological polar surface area (TPSA) is 93.5 Å². The van der Waals surface area contributed by atoms with Gasteiger partial charge in [0.15, 0.2) is 0 Å². The molecule has 5 N–H and O–H groups in total. The first kappa shape index (κ1) is 35.0. The van der Waals surface area contributed by atoms with E-state index in [2.05, 4.69) is 23.5 Å². The number of carbonyl (C=O) groups is 1. The number of nitrogens with one attached hydrogen (secondary N) is 1. The van der Waals surface area contributed by atoms with E-state index in [9.17, 15) is 22.4 Å². The van der Waals surface area contributed by atoms with Crippen LogP contribution in [0.15, 0.2) is 107 Å². The third kappa shape index (κ3) is 12.8. The van der Waals surface area contributed by atoms with Gasteiger partial charge in [0, 0.05) is 28.9 Å². The van der Waals surface area contributed by atoms with E-state index in [1.165, 1.54) is 26.0 Å². The van der Waals surface area contributed by atoms with Crippen LogP contribution in [0.4, 0.5) is 17.6 Å². The van der Waals surface area contributed by atoms with Crippen LogP contribution in [0.25, 0.3) is 5.70 Å². The molecule has 0 spiro atoms. The van der Waals surface area contributed by atoms with E-state index in [1.54, 1.807) is 24.3 Å². The molecule has 5 nitrogen and oxygen atoms in total. The van der Waals surface area contributed by atoms with E-state index < -0.39 is 29.0 Å². The Morgan fingerprint density at radius 2 is 1.71 bits per heavy atom. The number of hydrogen-bond acceptors (Lipinski definition) is 4. The number of alkyl halides is 3. The van der Waals surface area contributed by atoms with E-state index in [-0.39, 0.29) is 17.7 Å². The minimum atomic E-state index is -4.65. The van der Waals surface area contributed by atoms with Crippen LogP contribution in [0.2, 0.25) is 0 Å². The standard InChI is InChI=1S/C32H40F4N4O/c1-8-26(32(34,35)36)20-25(30(41)39-27(9-2)16-11-21(4)33)19-23-12-14-24(15-13-23)28(10-3)40-29(22(5)37)17-18-31(6,7)38/h8-16,20H,2,5,17-19,37-38H2,1,3-4,6-7H3,(H,39,41)/b21-11+,25-20+,26-8+,27-16+,28-10-,40-29?. The van der Waals surface area contributed by atoms with Crippen molar-refractivity contribution in [2.24, 2.45) is 16.5 Å². The molecule has 0 heterocycles. The second-order valence-corrected chi connectivity index (χ2v) is 10.1. The summed E-state index contributed by atoms with van der Waals surface area (Å²) >= 11 is 0. The van der Waals surface area contributed by atoms with Gasteiger partial charge in [-0.15, -0.1) is 0 Å². The number of hydrogen-bond donors (Lipinski definition) is 3. The lowest BCUT2D eigenvalue weighted by Crippen LogP contribution is -2.32.